The van der Waals surface area contributed by atoms with Crippen LogP contribution in [0, 0.1) is 0 Å². The third-order valence-corrected chi connectivity index (χ3v) is 4.29. The topological polar surface area (TPSA) is 66.0 Å². The van der Waals surface area contributed by atoms with Crippen molar-refractivity contribution in [3.8, 4) is 11.1 Å². The van der Waals surface area contributed by atoms with Gasteiger partial charge in [-0.3, -0.25) is 0 Å². The molecule has 0 saturated heterocycles. The van der Waals surface area contributed by atoms with E-state index in [2.05, 4.69) is 35.3 Å². The number of amides is 1. The van der Waals surface area contributed by atoms with E-state index in [9.17, 15) is 4.79 Å². The highest BCUT2D eigenvalue weighted by atomic mass is 16.5. The monoisotopic (exact) mass is 311 g/mol. The van der Waals surface area contributed by atoms with Gasteiger partial charge >= 0.3 is 6.09 Å². The van der Waals surface area contributed by atoms with Crippen LogP contribution >= 0.6 is 0 Å². The minimum absolute atomic E-state index is 0.119. The number of rotatable bonds is 6. The zero-order valence-corrected chi connectivity index (χ0v) is 13.3. The predicted octanol–water partition coefficient (Wildman–Crippen LogP) is 2.55. The van der Waals surface area contributed by atoms with Crippen molar-refractivity contribution in [3.05, 3.63) is 59.7 Å². The van der Waals surface area contributed by atoms with E-state index in [-0.39, 0.29) is 12.0 Å². The molecule has 23 heavy (non-hydrogen) atoms. The Bertz CT molecular complexity index is 639. The van der Waals surface area contributed by atoms with Crippen molar-refractivity contribution in [2.24, 2.45) is 0 Å². The lowest BCUT2D eigenvalue weighted by atomic mass is 9.98. The molecule has 120 valence electrons. The van der Waals surface area contributed by atoms with Crippen molar-refractivity contribution in [3.63, 3.8) is 0 Å². The number of quaternary nitrogens is 1. The molecule has 4 heteroatoms. The molecule has 0 atom stereocenters. The number of hydrogen-bond acceptors (Lipinski definition) is 2. The Kier molecular flexibility index (Phi) is 4.93. The summed E-state index contributed by atoms with van der Waals surface area (Å²) in [7, 11) is 0. The first kappa shape index (κ1) is 15.6. The van der Waals surface area contributed by atoms with Crippen molar-refractivity contribution in [1.29, 1.82) is 0 Å². The number of benzene rings is 2. The Balaban J connectivity index is 1.65. The summed E-state index contributed by atoms with van der Waals surface area (Å²) in [6.45, 7) is 1.91. The first-order chi connectivity index (χ1) is 11.3. The zero-order valence-electron chi connectivity index (χ0n) is 13.3. The van der Waals surface area contributed by atoms with Crippen LogP contribution in [0.4, 0.5) is 4.79 Å². The predicted molar refractivity (Wildman–Crippen MR) is 90.1 cm³/mol. The average molecular weight is 311 g/mol. The van der Waals surface area contributed by atoms with Crippen molar-refractivity contribution < 1.29 is 15.3 Å². The second-order valence-corrected chi connectivity index (χ2v) is 5.81. The van der Waals surface area contributed by atoms with Gasteiger partial charge in [0.2, 0.25) is 0 Å². The van der Waals surface area contributed by atoms with E-state index in [0.29, 0.717) is 13.2 Å². The third-order valence-electron chi connectivity index (χ3n) is 4.29. The molecule has 1 aliphatic carbocycles. The highest BCUT2D eigenvalue weighted by molar-refractivity contribution is 5.79. The lowest BCUT2D eigenvalue weighted by Gasteiger charge is -2.14. The van der Waals surface area contributed by atoms with Gasteiger partial charge in [0.05, 0.1) is 6.54 Å². The van der Waals surface area contributed by atoms with Gasteiger partial charge < -0.3 is 15.8 Å². The molecule has 1 amide bonds. The molecule has 0 spiro atoms. The highest BCUT2D eigenvalue weighted by Crippen LogP contribution is 2.44. The minimum atomic E-state index is -0.337. The summed E-state index contributed by atoms with van der Waals surface area (Å²) in [5.41, 5.74) is 8.75. The number of alkyl carbamates (subject to hydrolysis) is 1. The Hall–Kier alpha value is -2.33. The molecule has 0 unspecified atom stereocenters. The van der Waals surface area contributed by atoms with E-state index in [4.69, 9.17) is 4.74 Å². The molecule has 0 radical (unpaired) electrons. The minimum Gasteiger partial charge on any atom is -0.449 e. The molecule has 0 saturated carbocycles. The normalized spacial score (nSPS) is 12.6. The van der Waals surface area contributed by atoms with Gasteiger partial charge in [-0.15, -0.1) is 0 Å². The molecule has 0 aromatic heterocycles. The summed E-state index contributed by atoms with van der Waals surface area (Å²) >= 11 is 0. The zero-order chi connectivity index (χ0) is 16.1. The maximum absolute atomic E-state index is 11.8. The fraction of sp³-hybridized carbons (Fsp3) is 0.316. The SMILES string of the molecule is [NH3+]CCCCNC(=O)OCC1c2ccccc2-c2ccccc21. The summed E-state index contributed by atoms with van der Waals surface area (Å²) < 4.78 is 5.45. The first-order valence-electron chi connectivity index (χ1n) is 8.19. The van der Waals surface area contributed by atoms with E-state index in [1.807, 2.05) is 24.3 Å². The molecule has 0 heterocycles. The summed E-state index contributed by atoms with van der Waals surface area (Å²) in [5.74, 6) is 0.119. The fourth-order valence-corrected chi connectivity index (χ4v) is 3.14. The molecule has 4 nitrogen and oxygen atoms in total. The van der Waals surface area contributed by atoms with Crippen LogP contribution in [-0.4, -0.2) is 25.8 Å². The van der Waals surface area contributed by atoms with Gasteiger partial charge in [0.15, 0.2) is 0 Å². The van der Waals surface area contributed by atoms with Gasteiger partial charge in [0.1, 0.15) is 6.61 Å². The van der Waals surface area contributed by atoms with Gasteiger partial charge in [0, 0.05) is 12.5 Å². The van der Waals surface area contributed by atoms with Crippen molar-refractivity contribution in [2.45, 2.75) is 18.8 Å². The molecule has 2 aromatic rings. The summed E-state index contributed by atoms with van der Waals surface area (Å²) in [6, 6.07) is 16.7. The van der Waals surface area contributed by atoms with Crippen LogP contribution in [0.3, 0.4) is 0 Å². The smallest absolute Gasteiger partial charge is 0.407 e. The quantitative estimate of drug-likeness (QED) is 0.805. The van der Waals surface area contributed by atoms with Gasteiger partial charge in [-0.2, -0.15) is 0 Å². The largest absolute Gasteiger partial charge is 0.449 e. The maximum atomic E-state index is 11.8. The second kappa shape index (κ2) is 7.29. The van der Waals surface area contributed by atoms with Crippen LogP contribution in [0.2, 0.25) is 0 Å². The van der Waals surface area contributed by atoms with Crippen LogP contribution in [0.25, 0.3) is 11.1 Å². The number of hydrogen-bond donors (Lipinski definition) is 2. The van der Waals surface area contributed by atoms with Gasteiger partial charge in [-0.25, -0.2) is 4.79 Å². The Morgan fingerprint density at radius 2 is 1.61 bits per heavy atom. The Morgan fingerprint density at radius 3 is 2.22 bits per heavy atom. The van der Waals surface area contributed by atoms with Crippen molar-refractivity contribution in [1.82, 2.24) is 5.32 Å². The van der Waals surface area contributed by atoms with Crippen LogP contribution in [0.5, 0.6) is 0 Å². The molecular formula is C19H23N2O2+. The van der Waals surface area contributed by atoms with Crippen LogP contribution < -0.4 is 11.1 Å². The number of carbonyl (C=O) groups excluding carboxylic acids is 1. The van der Waals surface area contributed by atoms with E-state index in [1.54, 1.807) is 0 Å². The Labute approximate surface area is 136 Å². The van der Waals surface area contributed by atoms with Gasteiger partial charge in [0.25, 0.3) is 0 Å². The maximum Gasteiger partial charge on any atom is 0.407 e. The van der Waals surface area contributed by atoms with E-state index in [0.717, 1.165) is 19.4 Å². The lowest BCUT2D eigenvalue weighted by Crippen LogP contribution is -2.50. The highest BCUT2D eigenvalue weighted by Gasteiger charge is 2.28. The standard InChI is InChI=1S/C19H22N2O2/c20-11-5-6-12-21-19(22)23-13-18-16-9-3-1-7-14(16)15-8-2-4-10-17(15)18/h1-4,7-10,18H,5-6,11-13,20H2,(H,21,22)/p+1. The Morgan fingerprint density at radius 1 is 1.00 bits per heavy atom. The molecule has 3 rings (SSSR count). The number of fused-ring (bicyclic) bond motifs is 3. The van der Waals surface area contributed by atoms with E-state index in [1.165, 1.54) is 22.3 Å². The number of unbranched alkanes of at least 4 members (excludes halogenated alkanes) is 1. The average Bonchev–Trinajstić information content (AvgIpc) is 2.91. The van der Waals surface area contributed by atoms with Crippen LogP contribution in [0.15, 0.2) is 48.5 Å². The fourth-order valence-electron chi connectivity index (χ4n) is 3.14. The first-order valence-corrected chi connectivity index (χ1v) is 8.19. The number of ether oxygens (including phenoxy) is 1. The molecule has 0 bridgehead atoms. The lowest BCUT2D eigenvalue weighted by molar-refractivity contribution is -0.368. The molecule has 1 aliphatic rings. The van der Waals surface area contributed by atoms with Crippen LogP contribution in [-0.2, 0) is 4.74 Å². The molecule has 0 aliphatic heterocycles. The number of carbonyl (C=O) groups is 1. The molecule has 4 N–H and O–H groups in total. The second-order valence-electron chi connectivity index (χ2n) is 5.81. The van der Waals surface area contributed by atoms with Crippen molar-refractivity contribution in [2.75, 3.05) is 19.7 Å². The van der Waals surface area contributed by atoms with Crippen LogP contribution in [0.1, 0.15) is 29.9 Å². The number of nitrogens with one attached hydrogen (secondary N) is 1. The summed E-state index contributed by atoms with van der Waals surface area (Å²) in [4.78, 5) is 11.8. The molecule has 2 aromatic carbocycles. The van der Waals surface area contributed by atoms with Gasteiger partial charge in [-0.1, -0.05) is 48.5 Å². The summed E-state index contributed by atoms with van der Waals surface area (Å²) in [5, 5.41) is 2.80. The summed E-state index contributed by atoms with van der Waals surface area (Å²) in [6.07, 6.45) is 1.62. The van der Waals surface area contributed by atoms with E-state index < -0.39 is 0 Å². The van der Waals surface area contributed by atoms with Crippen molar-refractivity contribution >= 4 is 6.09 Å². The van der Waals surface area contributed by atoms with Gasteiger partial charge in [-0.05, 0) is 35.1 Å². The molecule has 0 fully saturated rings. The third kappa shape index (κ3) is 3.37. The molecular weight excluding hydrogens is 288 g/mol. The van der Waals surface area contributed by atoms with E-state index >= 15 is 0 Å².